The molecule has 2 rings (SSSR count). The summed E-state index contributed by atoms with van der Waals surface area (Å²) in [6.45, 7) is 0.322. The smallest absolute Gasteiger partial charge is 0.272 e. The van der Waals surface area contributed by atoms with Gasteiger partial charge in [0.25, 0.3) is 5.91 Å². The second kappa shape index (κ2) is 5.79. The van der Waals surface area contributed by atoms with Crippen LogP contribution in [0.4, 0.5) is 5.69 Å². The van der Waals surface area contributed by atoms with Crippen LogP contribution in [-0.4, -0.2) is 40.1 Å². The van der Waals surface area contributed by atoms with E-state index in [2.05, 4.69) is 10.4 Å². The Kier molecular flexibility index (Phi) is 4.11. The number of anilines is 1. The van der Waals surface area contributed by atoms with E-state index in [-0.39, 0.29) is 18.6 Å². The van der Waals surface area contributed by atoms with Gasteiger partial charge in [-0.25, -0.2) is 0 Å². The van der Waals surface area contributed by atoms with Crippen LogP contribution in [0.25, 0.3) is 0 Å². The van der Waals surface area contributed by atoms with Gasteiger partial charge in [0.2, 0.25) is 0 Å². The molecule has 1 aromatic rings. The molecule has 0 aliphatic heterocycles. The third-order valence-electron chi connectivity index (χ3n) is 3.26. The highest BCUT2D eigenvalue weighted by atomic mass is 16.3. The van der Waals surface area contributed by atoms with E-state index in [4.69, 9.17) is 10.9 Å². The number of aliphatic hydroxyl groups is 1. The number of nitrogens with two attached hydrogens (primary N) is 1. The Balaban J connectivity index is 2.15. The van der Waals surface area contributed by atoms with E-state index in [1.165, 1.54) is 0 Å². The van der Waals surface area contributed by atoms with Gasteiger partial charge in [0.15, 0.2) is 0 Å². The molecule has 98 valence electrons. The van der Waals surface area contributed by atoms with E-state index < -0.39 is 0 Å². The summed E-state index contributed by atoms with van der Waals surface area (Å²) < 4.78 is 0. The number of nitrogens with one attached hydrogen (secondary N) is 1. The Morgan fingerprint density at radius 1 is 1.61 bits per heavy atom. The molecule has 1 fully saturated rings. The second-order valence-electron chi connectivity index (χ2n) is 4.38. The number of carbonyl (C=O) groups excluding carboxylic acids is 1. The highest BCUT2D eigenvalue weighted by molar-refractivity contribution is 5.93. The van der Waals surface area contributed by atoms with Crippen LogP contribution in [0.15, 0.2) is 18.3 Å². The maximum atomic E-state index is 12.3. The molecule has 1 aliphatic carbocycles. The van der Waals surface area contributed by atoms with Gasteiger partial charge in [-0.15, -0.1) is 0 Å². The molecule has 6 heteroatoms. The maximum Gasteiger partial charge on any atom is 0.272 e. The summed E-state index contributed by atoms with van der Waals surface area (Å²) in [5.74, 6) is 5.16. The summed E-state index contributed by atoms with van der Waals surface area (Å²) in [5.41, 5.74) is 3.49. The highest BCUT2D eigenvalue weighted by Crippen LogP contribution is 2.25. The molecule has 1 aromatic heterocycles. The van der Waals surface area contributed by atoms with Crippen LogP contribution in [0.5, 0.6) is 0 Å². The van der Waals surface area contributed by atoms with Crippen molar-refractivity contribution in [3.05, 3.63) is 24.0 Å². The van der Waals surface area contributed by atoms with Crippen molar-refractivity contribution in [1.82, 2.24) is 9.88 Å². The fraction of sp³-hybridized carbons (Fsp3) is 0.500. The molecule has 0 unspecified atom stereocenters. The number of hydrogen-bond acceptors (Lipinski definition) is 5. The van der Waals surface area contributed by atoms with Crippen LogP contribution in [0.2, 0.25) is 0 Å². The number of hydrazine groups is 1. The van der Waals surface area contributed by atoms with Gasteiger partial charge in [-0.3, -0.25) is 15.6 Å². The number of pyridine rings is 1. The van der Waals surface area contributed by atoms with E-state index in [9.17, 15) is 4.79 Å². The van der Waals surface area contributed by atoms with Crippen molar-refractivity contribution in [3.63, 3.8) is 0 Å². The first-order valence-electron chi connectivity index (χ1n) is 6.10. The monoisotopic (exact) mass is 250 g/mol. The Bertz CT molecular complexity index is 420. The minimum atomic E-state index is -0.147. The van der Waals surface area contributed by atoms with E-state index in [0.29, 0.717) is 17.9 Å². The van der Waals surface area contributed by atoms with E-state index in [0.717, 1.165) is 19.3 Å². The Morgan fingerprint density at radius 3 is 2.94 bits per heavy atom. The van der Waals surface area contributed by atoms with Crippen molar-refractivity contribution in [2.45, 2.75) is 25.3 Å². The van der Waals surface area contributed by atoms with Crippen LogP contribution in [0, 0.1) is 0 Å². The van der Waals surface area contributed by atoms with Gasteiger partial charge in [0, 0.05) is 18.8 Å². The number of nitrogens with zero attached hydrogens (tertiary/aromatic N) is 2. The van der Waals surface area contributed by atoms with Crippen LogP contribution in [-0.2, 0) is 0 Å². The molecule has 0 atom stereocenters. The fourth-order valence-corrected chi connectivity index (χ4v) is 2.04. The molecule has 0 saturated heterocycles. The molecule has 6 nitrogen and oxygen atoms in total. The average molecular weight is 250 g/mol. The summed E-state index contributed by atoms with van der Waals surface area (Å²) in [6, 6.07) is 3.54. The van der Waals surface area contributed by atoms with Gasteiger partial charge in [0.05, 0.1) is 12.3 Å². The van der Waals surface area contributed by atoms with Crippen LogP contribution < -0.4 is 11.3 Å². The molecule has 0 bridgehead atoms. The van der Waals surface area contributed by atoms with Crippen LogP contribution >= 0.6 is 0 Å². The van der Waals surface area contributed by atoms with E-state index >= 15 is 0 Å². The normalized spacial score (nSPS) is 15.0. The first-order valence-corrected chi connectivity index (χ1v) is 6.10. The Morgan fingerprint density at radius 2 is 2.39 bits per heavy atom. The molecule has 1 aliphatic rings. The van der Waals surface area contributed by atoms with Gasteiger partial charge < -0.3 is 15.4 Å². The van der Waals surface area contributed by atoms with Crippen molar-refractivity contribution >= 4 is 11.6 Å². The second-order valence-corrected chi connectivity index (χ2v) is 4.38. The number of carbonyl (C=O) groups is 1. The lowest BCUT2D eigenvalue weighted by molar-refractivity contribution is 0.0520. The predicted molar refractivity (Wildman–Crippen MR) is 67.8 cm³/mol. The summed E-state index contributed by atoms with van der Waals surface area (Å²) in [7, 11) is 0. The lowest BCUT2D eigenvalue weighted by atomic mass is 9.91. The zero-order chi connectivity index (χ0) is 13.0. The minimum Gasteiger partial charge on any atom is -0.395 e. The van der Waals surface area contributed by atoms with Gasteiger partial charge >= 0.3 is 0 Å². The van der Waals surface area contributed by atoms with Crippen LogP contribution in [0.1, 0.15) is 29.8 Å². The molecular weight excluding hydrogens is 232 g/mol. The SMILES string of the molecule is NNc1ccnc(C(=O)N(CCO)C2CCC2)c1. The maximum absolute atomic E-state index is 12.3. The largest absolute Gasteiger partial charge is 0.395 e. The van der Waals surface area contributed by atoms with Crippen molar-refractivity contribution in [1.29, 1.82) is 0 Å². The van der Waals surface area contributed by atoms with Gasteiger partial charge in [-0.1, -0.05) is 0 Å². The number of aromatic nitrogens is 1. The quantitative estimate of drug-likeness (QED) is 0.518. The first-order chi connectivity index (χ1) is 8.76. The Hall–Kier alpha value is -1.66. The summed E-state index contributed by atoms with van der Waals surface area (Å²) in [4.78, 5) is 18.1. The van der Waals surface area contributed by atoms with Crippen molar-refractivity contribution in [3.8, 4) is 0 Å². The zero-order valence-corrected chi connectivity index (χ0v) is 10.2. The molecule has 1 heterocycles. The Labute approximate surface area is 106 Å². The molecule has 4 N–H and O–H groups in total. The number of rotatable bonds is 5. The van der Waals surface area contributed by atoms with E-state index in [1.807, 2.05) is 0 Å². The molecule has 0 aromatic carbocycles. The summed E-state index contributed by atoms with van der Waals surface area (Å²) in [6.07, 6.45) is 4.68. The van der Waals surface area contributed by atoms with Gasteiger partial charge in [-0.2, -0.15) is 0 Å². The highest BCUT2D eigenvalue weighted by Gasteiger charge is 2.29. The van der Waals surface area contributed by atoms with Gasteiger partial charge in [-0.05, 0) is 31.4 Å². The van der Waals surface area contributed by atoms with Gasteiger partial charge in [0.1, 0.15) is 5.69 Å². The summed E-state index contributed by atoms with van der Waals surface area (Å²) >= 11 is 0. The number of amides is 1. The topological polar surface area (TPSA) is 91.5 Å². The molecule has 18 heavy (non-hydrogen) atoms. The molecule has 0 radical (unpaired) electrons. The zero-order valence-electron chi connectivity index (χ0n) is 10.2. The lowest BCUT2D eigenvalue weighted by Crippen LogP contribution is -2.45. The third kappa shape index (κ3) is 2.60. The molecule has 0 spiro atoms. The predicted octanol–water partition coefficient (Wildman–Crippen LogP) is 0.354. The number of hydrogen-bond donors (Lipinski definition) is 3. The van der Waals surface area contributed by atoms with Crippen molar-refractivity contribution < 1.29 is 9.90 Å². The lowest BCUT2D eigenvalue weighted by Gasteiger charge is -2.37. The van der Waals surface area contributed by atoms with E-state index in [1.54, 1.807) is 23.2 Å². The average Bonchev–Trinajstić information content (AvgIpc) is 2.35. The number of nitrogen functional groups attached to an aromatic ring is 1. The van der Waals surface area contributed by atoms with Crippen molar-refractivity contribution in [2.24, 2.45) is 5.84 Å². The minimum absolute atomic E-state index is 0.0307. The first kappa shape index (κ1) is 12.8. The fourth-order valence-electron chi connectivity index (χ4n) is 2.04. The molecule has 1 saturated carbocycles. The summed E-state index contributed by atoms with van der Waals surface area (Å²) in [5, 5.41) is 9.06. The standard InChI is InChI=1S/C12H18N4O2/c13-15-9-4-5-14-11(8-9)12(18)16(6-7-17)10-2-1-3-10/h4-5,8,10,17H,1-3,6-7,13H2,(H,14,15). The molecular formula is C12H18N4O2. The third-order valence-corrected chi connectivity index (χ3v) is 3.26. The van der Waals surface area contributed by atoms with Crippen molar-refractivity contribution in [2.75, 3.05) is 18.6 Å². The number of aliphatic hydroxyl groups excluding tert-OH is 1. The molecule has 1 amide bonds. The van der Waals surface area contributed by atoms with Crippen LogP contribution in [0.3, 0.4) is 0 Å².